The molecule has 23 heavy (non-hydrogen) atoms. The van der Waals surface area contributed by atoms with Crippen LogP contribution in [0.5, 0.6) is 0 Å². The summed E-state index contributed by atoms with van der Waals surface area (Å²) >= 11 is 0. The van der Waals surface area contributed by atoms with Gasteiger partial charge < -0.3 is 5.32 Å². The molecule has 0 unspecified atom stereocenters. The molecule has 0 aromatic carbocycles. The first kappa shape index (κ1) is 13.3. The number of amides is 1. The van der Waals surface area contributed by atoms with Gasteiger partial charge in [-0.3, -0.25) is 9.20 Å². The average Bonchev–Trinajstić information content (AvgIpc) is 3.21. The first-order valence-electron chi connectivity index (χ1n) is 7.06. The number of nitrogens with one attached hydrogen (secondary N) is 1. The molecule has 1 amide bonds. The van der Waals surface area contributed by atoms with Gasteiger partial charge in [-0.2, -0.15) is 4.52 Å². The quantitative estimate of drug-likeness (QED) is 0.575. The van der Waals surface area contributed by atoms with Crippen LogP contribution in [0.4, 0.5) is 0 Å². The van der Waals surface area contributed by atoms with Crippen molar-refractivity contribution in [2.24, 2.45) is 0 Å². The molecule has 0 atom stereocenters. The number of pyridine rings is 2. The van der Waals surface area contributed by atoms with Crippen LogP contribution in [0.15, 0.2) is 42.7 Å². The van der Waals surface area contributed by atoms with Gasteiger partial charge in [-0.15, -0.1) is 15.3 Å². The van der Waals surface area contributed by atoms with Crippen LogP contribution in [0.1, 0.15) is 16.2 Å². The van der Waals surface area contributed by atoms with E-state index in [0.29, 0.717) is 24.2 Å². The van der Waals surface area contributed by atoms with Crippen LogP contribution in [-0.2, 0) is 6.42 Å². The highest BCUT2D eigenvalue weighted by Gasteiger charge is 2.09. The fraction of sp³-hybridized carbons (Fsp3) is 0.143. The summed E-state index contributed by atoms with van der Waals surface area (Å²) in [6.45, 7) is 0.460. The van der Waals surface area contributed by atoms with Crippen LogP contribution in [-0.4, -0.2) is 47.1 Å². The number of carbonyl (C=O) groups excluding carboxylic acids is 1. The largest absolute Gasteiger partial charge is 0.352 e. The fourth-order valence-corrected chi connectivity index (χ4v) is 2.33. The molecular weight excluding hydrogens is 296 g/mol. The van der Waals surface area contributed by atoms with Crippen molar-refractivity contribution in [2.45, 2.75) is 6.42 Å². The van der Waals surface area contributed by atoms with E-state index in [1.807, 2.05) is 28.8 Å². The molecular formula is C14H12N8O. The first-order valence-corrected chi connectivity index (χ1v) is 7.06. The Morgan fingerprint density at radius 1 is 1.09 bits per heavy atom. The lowest BCUT2D eigenvalue weighted by Gasteiger charge is -2.04. The molecule has 0 aliphatic rings. The zero-order chi connectivity index (χ0) is 15.6. The minimum Gasteiger partial charge on any atom is -0.352 e. The number of carbonyl (C=O) groups is 1. The molecule has 0 aliphatic carbocycles. The van der Waals surface area contributed by atoms with Gasteiger partial charge in [0.2, 0.25) is 0 Å². The van der Waals surface area contributed by atoms with E-state index in [1.54, 1.807) is 18.3 Å². The van der Waals surface area contributed by atoms with Crippen LogP contribution < -0.4 is 5.32 Å². The van der Waals surface area contributed by atoms with Gasteiger partial charge >= 0.3 is 0 Å². The molecule has 4 aromatic rings. The Bertz CT molecular complexity index is 988. The van der Waals surface area contributed by atoms with E-state index in [2.05, 4.69) is 31.0 Å². The number of fused-ring (bicyclic) bond motifs is 2. The summed E-state index contributed by atoms with van der Waals surface area (Å²) in [5, 5.41) is 22.2. The maximum Gasteiger partial charge on any atom is 0.252 e. The third kappa shape index (κ3) is 2.48. The summed E-state index contributed by atoms with van der Waals surface area (Å²) < 4.78 is 3.36. The number of hydrogen-bond acceptors (Lipinski definition) is 6. The normalized spacial score (nSPS) is 11.1. The van der Waals surface area contributed by atoms with E-state index in [4.69, 9.17) is 0 Å². The highest BCUT2D eigenvalue weighted by molar-refractivity contribution is 5.94. The van der Waals surface area contributed by atoms with Crippen molar-refractivity contribution in [2.75, 3.05) is 6.54 Å². The monoisotopic (exact) mass is 308 g/mol. The van der Waals surface area contributed by atoms with Crippen LogP contribution in [0.3, 0.4) is 0 Å². The number of rotatable bonds is 4. The van der Waals surface area contributed by atoms with Crippen LogP contribution >= 0.6 is 0 Å². The molecule has 0 spiro atoms. The molecule has 0 radical (unpaired) electrons. The Hall–Kier alpha value is -3.36. The van der Waals surface area contributed by atoms with Gasteiger partial charge in [-0.1, -0.05) is 6.07 Å². The van der Waals surface area contributed by atoms with E-state index in [-0.39, 0.29) is 5.91 Å². The lowest BCUT2D eigenvalue weighted by Crippen LogP contribution is -2.26. The molecule has 0 fully saturated rings. The molecule has 0 bridgehead atoms. The summed E-state index contributed by atoms with van der Waals surface area (Å²) in [4.78, 5) is 12.2. The first-order chi connectivity index (χ1) is 11.3. The lowest BCUT2D eigenvalue weighted by atomic mass is 10.2. The maximum atomic E-state index is 12.2. The van der Waals surface area contributed by atoms with Crippen LogP contribution in [0.25, 0.3) is 11.3 Å². The van der Waals surface area contributed by atoms with Crippen molar-refractivity contribution in [1.29, 1.82) is 0 Å². The maximum absolute atomic E-state index is 12.2. The molecule has 4 aromatic heterocycles. The van der Waals surface area contributed by atoms with Gasteiger partial charge in [0, 0.05) is 25.4 Å². The highest BCUT2D eigenvalue weighted by atomic mass is 16.1. The number of hydrogen-bond donors (Lipinski definition) is 1. The average molecular weight is 308 g/mol. The van der Waals surface area contributed by atoms with Gasteiger partial charge in [0.05, 0.1) is 5.56 Å². The van der Waals surface area contributed by atoms with Crippen molar-refractivity contribution in [3.63, 3.8) is 0 Å². The molecule has 0 aliphatic heterocycles. The number of tetrazole rings is 1. The van der Waals surface area contributed by atoms with Crippen molar-refractivity contribution in [3.05, 3.63) is 54.1 Å². The third-order valence-corrected chi connectivity index (χ3v) is 3.47. The van der Waals surface area contributed by atoms with Gasteiger partial charge in [0.15, 0.2) is 11.3 Å². The van der Waals surface area contributed by atoms with E-state index in [1.165, 1.54) is 4.52 Å². The Labute approximate surface area is 130 Å². The summed E-state index contributed by atoms with van der Waals surface area (Å²) in [7, 11) is 0. The standard InChI is InChI=1S/C14H12N8O/c23-14(10-4-5-13-18-19-20-22(13)9-10)15-7-6-12-17-16-11-3-1-2-8-21(11)12/h1-5,8-9H,6-7H2,(H,15,23). The van der Waals surface area contributed by atoms with Crippen LogP contribution in [0.2, 0.25) is 0 Å². The van der Waals surface area contributed by atoms with Crippen molar-refractivity contribution >= 4 is 17.2 Å². The SMILES string of the molecule is O=C(NCCc1nnc2ccccn12)c1ccc2nnnn2c1. The second-order valence-electron chi connectivity index (χ2n) is 4.95. The summed E-state index contributed by atoms with van der Waals surface area (Å²) in [5.41, 5.74) is 1.88. The number of aromatic nitrogens is 7. The van der Waals surface area contributed by atoms with Gasteiger partial charge in [-0.25, -0.2) is 0 Å². The van der Waals surface area contributed by atoms with Crippen molar-refractivity contribution in [3.8, 4) is 0 Å². The molecule has 4 heterocycles. The van der Waals surface area contributed by atoms with E-state index in [9.17, 15) is 4.79 Å². The summed E-state index contributed by atoms with van der Waals surface area (Å²) in [6, 6.07) is 9.09. The molecule has 114 valence electrons. The lowest BCUT2D eigenvalue weighted by molar-refractivity contribution is 0.0953. The summed E-state index contributed by atoms with van der Waals surface area (Å²) in [5.74, 6) is 0.619. The molecule has 9 heteroatoms. The Kier molecular flexibility index (Phi) is 3.15. The van der Waals surface area contributed by atoms with Gasteiger partial charge in [0.25, 0.3) is 5.91 Å². The molecule has 1 N–H and O–H groups in total. The van der Waals surface area contributed by atoms with E-state index < -0.39 is 0 Å². The minimum atomic E-state index is -0.184. The minimum absolute atomic E-state index is 0.184. The van der Waals surface area contributed by atoms with Crippen molar-refractivity contribution in [1.82, 2.24) is 40.0 Å². The Balaban J connectivity index is 1.43. The Morgan fingerprint density at radius 2 is 2.04 bits per heavy atom. The molecule has 0 saturated carbocycles. The Morgan fingerprint density at radius 3 is 3.00 bits per heavy atom. The zero-order valence-corrected chi connectivity index (χ0v) is 12.0. The predicted octanol–water partition coefficient (Wildman–Crippen LogP) is 0.139. The second kappa shape index (κ2) is 5.44. The number of nitrogens with zero attached hydrogens (tertiary/aromatic N) is 7. The summed E-state index contributed by atoms with van der Waals surface area (Å²) in [6.07, 6.45) is 4.08. The smallest absolute Gasteiger partial charge is 0.252 e. The van der Waals surface area contributed by atoms with E-state index in [0.717, 1.165) is 11.5 Å². The molecule has 9 nitrogen and oxygen atoms in total. The van der Waals surface area contributed by atoms with Crippen LogP contribution in [0, 0.1) is 0 Å². The predicted molar refractivity (Wildman–Crippen MR) is 79.8 cm³/mol. The third-order valence-electron chi connectivity index (χ3n) is 3.47. The van der Waals surface area contributed by atoms with Gasteiger partial charge in [-0.05, 0) is 34.7 Å². The topological polar surface area (TPSA) is 102 Å². The fourth-order valence-electron chi connectivity index (χ4n) is 2.33. The molecule has 4 rings (SSSR count). The highest BCUT2D eigenvalue weighted by Crippen LogP contribution is 2.04. The molecule has 0 saturated heterocycles. The van der Waals surface area contributed by atoms with Gasteiger partial charge in [0.1, 0.15) is 5.82 Å². The zero-order valence-electron chi connectivity index (χ0n) is 12.0. The van der Waals surface area contributed by atoms with Crippen molar-refractivity contribution < 1.29 is 4.79 Å². The van der Waals surface area contributed by atoms with E-state index >= 15 is 0 Å². The second-order valence-corrected chi connectivity index (χ2v) is 4.95.